The zero-order valence-electron chi connectivity index (χ0n) is 7.15. The van der Waals surface area contributed by atoms with Gasteiger partial charge in [0.05, 0.1) is 20.0 Å². The molecule has 0 unspecified atom stereocenters. The molecule has 9 heteroatoms. The summed E-state index contributed by atoms with van der Waals surface area (Å²) in [6.45, 7) is 0. The first kappa shape index (κ1) is 15.0. The molecule has 0 aliphatic heterocycles. The second-order valence-electron chi connectivity index (χ2n) is 2.65. The predicted molar refractivity (Wildman–Crippen MR) is 68.9 cm³/mol. The van der Waals surface area contributed by atoms with Gasteiger partial charge in [-0.3, -0.25) is 0 Å². The van der Waals surface area contributed by atoms with Crippen molar-refractivity contribution in [2.45, 2.75) is 8.02 Å². The second kappa shape index (κ2) is 4.88. The maximum atomic E-state index is 11.8. The summed E-state index contributed by atoms with van der Waals surface area (Å²) in [7, 11) is -4.23. The molecule has 0 radical (unpaired) electrons. The normalized spacial score (nSPS) is 12.9. The van der Waals surface area contributed by atoms with E-state index in [4.69, 9.17) is 69.6 Å². The lowest BCUT2D eigenvalue weighted by Crippen LogP contribution is -2.20. The number of benzene rings is 1. The van der Waals surface area contributed by atoms with E-state index in [0.29, 0.717) is 0 Å². The maximum absolute atomic E-state index is 11.8. The van der Waals surface area contributed by atoms with Crippen LogP contribution in [-0.2, 0) is 9.84 Å². The topological polar surface area (TPSA) is 34.1 Å². The van der Waals surface area contributed by atoms with Gasteiger partial charge in [0.2, 0.25) is 9.84 Å². The molecule has 16 heavy (non-hydrogen) atoms. The highest BCUT2D eigenvalue weighted by molar-refractivity contribution is 7.97. The zero-order chi connectivity index (χ0) is 12.7. The van der Waals surface area contributed by atoms with Gasteiger partial charge in [-0.05, 0) is 12.1 Å². The van der Waals surface area contributed by atoms with Crippen LogP contribution in [-0.4, -0.2) is 11.5 Å². The van der Waals surface area contributed by atoms with E-state index in [9.17, 15) is 8.42 Å². The SMILES string of the molecule is O=S(=O)(c1cc(Cl)c(Cl)cc1Cl)C(Cl)(Cl)Cl. The highest BCUT2D eigenvalue weighted by Crippen LogP contribution is 2.42. The molecule has 0 amide bonds. The minimum absolute atomic E-state index is 0.00103. The van der Waals surface area contributed by atoms with Crippen LogP contribution in [0, 0.1) is 0 Å². The number of alkyl halides is 3. The average Bonchev–Trinajstić information content (AvgIpc) is 2.09. The Bertz CT molecular complexity index is 518. The largest absolute Gasteiger partial charge is 0.297 e. The van der Waals surface area contributed by atoms with Gasteiger partial charge in [0.25, 0.3) is 3.12 Å². The third-order valence-corrected chi connectivity index (χ3v) is 6.07. The maximum Gasteiger partial charge on any atom is 0.297 e. The standard InChI is InChI=1S/C7H2Cl6O2S/c8-3-1-5(10)6(2-4(3)9)16(14,15)7(11,12)13/h1-2H. The van der Waals surface area contributed by atoms with Crippen LogP contribution in [0.2, 0.25) is 15.1 Å². The molecule has 0 bridgehead atoms. The Hall–Kier alpha value is 0.910. The predicted octanol–water partition coefficient (Wildman–Crippen LogP) is 4.75. The third-order valence-electron chi connectivity index (χ3n) is 1.57. The van der Waals surface area contributed by atoms with Crippen LogP contribution in [0.5, 0.6) is 0 Å². The van der Waals surface area contributed by atoms with Crippen LogP contribution in [0.1, 0.15) is 0 Å². The lowest BCUT2D eigenvalue weighted by Gasteiger charge is -2.14. The van der Waals surface area contributed by atoms with Crippen LogP contribution < -0.4 is 0 Å². The monoisotopic (exact) mass is 360 g/mol. The molecule has 0 saturated carbocycles. The van der Waals surface area contributed by atoms with Crippen molar-refractivity contribution in [2.24, 2.45) is 0 Å². The van der Waals surface area contributed by atoms with Crippen molar-refractivity contribution >= 4 is 79.4 Å². The van der Waals surface area contributed by atoms with Crippen molar-refractivity contribution in [2.75, 3.05) is 0 Å². The molecule has 0 spiro atoms. The van der Waals surface area contributed by atoms with Crippen molar-refractivity contribution < 1.29 is 8.42 Å². The summed E-state index contributed by atoms with van der Waals surface area (Å²) in [4.78, 5) is -0.386. The first-order valence-electron chi connectivity index (χ1n) is 3.53. The third kappa shape index (κ3) is 2.83. The van der Waals surface area contributed by atoms with E-state index in [0.717, 1.165) is 12.1 Å². The van der Waals surface area contributed by atoms with E-state index in [-0.39, 0.29) is 20.0 Å². The van der Waals surface area contributed by atoms with E-state index >= 15 is 0 Å². The fourth-order valence-corrected chi connectivity index (χ4v) is 3.34. The van der Waals surface area contributed by atoms with Crippen molar-refractivity contribution in [1.29, 1.82) is 0 Å². The van der Waals surface area contributed by atoms with Crippen LogP contribution >= 0.6 is 69.6 Å². The van der Waals surface area contributed by atoms with Gasteiger partial charge in [0.15, 0.2) is 0 Å². The Balaban J connectivity index is 3.53. The van der Waals surface area contributed by atoms with Gasteiger partial charge in [0.1, 0.15) is 0 Å². The number of rotatable bonds is 1. The number of sulfone groups is 1. The molecule has 0 aliphatic rings. The summed E-state index contributed by atoms with van der Waals surface area (Å²) in [6, 6.07) is 2.19. The number of halogens is 6. The Labute approximate surface area is 122 Å². The van der Waals surface area contributed by atoms with Gasteiger partial charge in [-0.25, -0.2) is 8.42 Å². The molecule has 0 heterocycles. The zero-order valence-corrected chi connectivity index (χ0v) is 12.5. The molecule has 0 aromatic heterocycles. The lowest BCUT2D eigenvalue weighted by molar-refractivity contribution is 0.596. The fourth-order valence-electron chi connectivity index (χ4n) is 0.835. The van der Waals surface area contributed by atoms with Crippen LogP contribution in [0.25, 0.3) is 0 Å². The van der Waals surface area contributed by atoms with E-state index in [1.807, 2.05) is 0 Å². The summed E-state index contributed by atoms with van der Waals surface area (Å²) < 4.78 is 21.0. The van der Waals surface area contributed by atoms with E-state index < -0.39 is 13.0 Å². The molecule has 0 aliphatic carbocycles. The van der Waals surface area contributed by atoms with Crippen LogP contribution in [0.3, 0.4) is 0 Å². The van der Waals surface area contributed by atoms with Crippen molar-refractivity contribution in [3.8, 4) is 0 Å². The minimum Gasteiger partial charge on any atom is -0.219 e. The molecular formula is C7H2Cl6O2S. The molecular weight excluding hydrogens is 361 g/mol. The highest BCUT2D eigenvalue weighted by Gasteiger charge is 2.40. The van der Waals surface area contributed by atoms with Gasteiger partial charge in [-0.15, -0.1) is 0 Å². The average molecular weight is 363 g/mol. The van der Waals surface area contributed by atoms with Gasteiger partial charge < -0.3 is 0 Å². The summed E-state index contributed by atoms with van der Waals surface area (Å²) in [6.07, 6.45) is 0. The fraction of sp³-hybridized carbons (Fsp3) is 0.143. The van der Waals surface area contributed by atoms with Gasteiger partial charge in [0, 0.05) is 0 Å². The Morgan fingerprint density at radius 1 is 0.875 bits per heavy atom. The van der Waals surface area contributed by atoms with Gasteiger partial charge >= 0.3 is 0 Å². The van der Waals surface area contributed by atoms with Gasteiger partial charge in [-0.1, -0.05) is 69.6 Å². The molecule has 1 aromatic carbocycles. The minimum atomic E-state index is -4.23. The number of hydrogen-bond acceptors (Lipinski definition) is 2. The molecule has 90 valence electrons. The van der Waals surface area contributed by atoms with Crippen molar-refractivity contribution in [3.05, 3.63) is 27.2 Å². The van der Waals surface area contributed by atoms with E-state index in [1.54, 1.807) is 0 Å². The lowest BCUT2D eigenvalue weighted by atomic mass is 10.4. The smallest absolute Gasteiger partial charge is 0.219 e. The molecule has 1 rings (SSSR count). The van der Waals surface area contributed by atoms with E-state index in [2.05, 4.69) is 0 Å². The quantitative estimate of drug-likeness (QED) is 0.533. The first-order chi connectivity index (χ1) is 7.07. The Kier molecular flexibility index (Phi) is 4.57. The van der Waals surface area contributed by atoms with Crippen LogP contribution in [0.4, 0.5) is 0 Å². The summed E-state index contributed by atoms with van der Waals surface area (Å²) in [5.74, 6) is 0. The first-order valence-corrected chi connectivity index (χ1v) is 7.28. The molecule has 0 N–H and O–H groups in total. The Morgan fingerprint density at radius 2 is 1.31 bits per heavy atom. The molecule has 0 fully saturated rings. The highest BCUT2D eigenvalue weighted by atomic mass is 35.6. The Morgan fingerprint density at radius 3 is 1.75 bits per heavy atom. The molecule has 0 atom stereocenters. The van der Waals surface area contributed by atoms with Crippen molar-refractivity contribution in [3.63, 3.8) is 0 Å². The summed E-state index contributed by atoms with van der Waals surface area (Å²) in [5.41, 5.74) is 0. The summed E-state index contributed by atoms with van der Waals surface area (Å²) in [5, 5.41) is -0.0606. The second-order valence-corrected chi connectivity index (χ2v) is 8.88. The van der Waals surface area contributed by atoms with Crippen molar-refractivity contribution in [1.82, 2.24) is 0 Å². The van der Waals surface area contributed by atoms with Crippen LogP contribution in [0.15, 0.2) is 17.0 Å². The van der Waals surface area contributed by atoms with Gasteiger partial charge in [-0.2, -0.15) is 0 Å². The molecule has 2 nitrogen and oxygen atoms in total. The summed E-state index contributed by atoms with van der Waals surface area (Å²) >= 11 is 33.0. The molecule has 0 saturated heterocycles. The van der Waals surface area contributed by atoms with E-state index in [1.165, 1.54) is 0 Å². The molecule has 1 aromatic rings. The number of hydrogen-bond donors (Lipinski definition) is 0.